The molecule has 1 saturated carbocycles. The Bertz CT molecular complexity index is 475. The number of carbonyl (C=O) groups excluding carboxylic acids is 1. The van der Waals surface area contributed by atoms with Crippen LogP contribution in [0.3, 0.4) is 0 Å². The highest BCUT2D eigenvalue weighted by Gasteiger charge is 2.27. The number of nitrogen functional groups attached to an aromatic ring is 1. The number of carbonyl (C=O) groups is 1. The average molecular weight is 293 g/mol. The zero-order chi connectivity index (χ0) is 15.2. The maximum atomic E-state index is 11.6. The van der Waals surface area contributed by atoms with Crippen LogP contribution in [0.4, 0.5) is 0 Å². The third-order valence-electron chi connectivity index (χ3n) is 3.77. The Morgan fingerprint density at radius 2 is 2.19 bits per heavy atom. The van der Waals surface area contributed by atoms with Gasteiger partial charge in [0.1, 0.15) is 12.4 Å². The van der Waals surface area contributed by atoms with E-state index in [9.17, 15) is 9.90 Å². The van der Waals surface area contributed by atoms with Crippen molar-refractivity contribution in [2.45, 2.75) is 18.9 Å². The lowest BCUT2D eigenvalue weighted by Crippen LogP contribution is -2.38. The zero-order valence-corrected chi connectivity index (χ0v) is 12.3. The molecule has 2 rings (SSSR count). The van der Waals surface area contributed by atoms with E-state index in [4.69, 9.17) is 10.6 Å². The summed E-state index contributed by atoms with van der Waals surface area (Å²) >= 11 is 0. The highest BCUT2D eigenvalue weighted by atomic mass is 16.5. The van der Waals surface area contributed by atoms with E-state index in [2.05, 4.69) is 10.3 Å². The molecule has 1 aliphatic rings. The first-order valence-corrected chi connectivity index (χ1v) is 7.19. The lowest BCUT2D eigenvalue weighted by atomic mass is 9.82. The minimum atomic E-state index is -0.359. The molecule has 4 N–H and O–H groups in total. The van der Waals surface area contributed by atoms with Crippen LogP contribution < -0.4 is 16.0 Å². The maximum absolute atomic E-state index is 11.6. The molecular formula is C15H23N3O3. The van der Waals surface area contributed by atoms with Crippen LogP contribution in [0.2, 0.25) is 0 Å². The van der Waals surface area contributed by atoms with Crippen molar-refractivity contribution in [3.05, 3.63) is 29.8 Å². The number of amides is 1. The summed E-state index contributed by atoms with van der Waals surface area (Å²) in [5, 5.41) is 9.27. The Kier molecular flexibility index (Phi) is 5.55. The van der Waals surface area contributed by atoms with Gasteiger partial charge in [0.25, 0.3) is 5.91 Å². The van der Waals surface area contributed by atoms with Gasteiger partial charge in [-0.3, -0.25) is 10.2 Å². The van der Waals surface area contributed by atoms with E-state index in [1.807, 2.05) is 13.1 Å². The minimum absolute atomic E-state index is 0.110. The molecule has 1 aliphatic carbocycles. The normalized spacial score (nSPS) is 21.0. The van der Waals surface area contributed by atoms with Gasteiger partial charge in [0.15, 0.2) is 0 Å². The van der Waals surface area contributed by atoms with Gasteiger partial charge in [-0.05, 0) is 37.9 Å². The van der Waals surface area contributed by atoms with Crippen molar-refractivity contribution < 1.29 is 14.6 Å². The van der Waals surface area contributed by atoms with E-state index in [1.165, 1.54) is 0 Å². The molecule has 6 nitrogen and oxygen atoms in total. The monoisotopic (exact) mass is 293 g/mol. The van der Waals surface area contributed by atoms with Gasteiger partial charge < -0.3 is 14.7 Å². The van der Waals surface area contributed by atoms with Gasteiger partial charge in [-0.15, -0.1) is 0 Å². The van der Waals surface area contributed by atoms with Gasteiger partial charge in [-0.25, -0.2) is 5.84 Å². The first kappa shape index (κ1) is 15.8. The van der Waals surface area contributed by atoms with Crippen molar-refractivity contribution in [1.29, 1.82) is 0 Å². The van der Waals surface area contributed by atoms with E-state index in [0.29, 0.717) is 23.8 Å². The molecule has 1 aromatic carbocycles. The number of ether oxygens (including phenoxy) is 1. The zero-order valence-electron chi connectivity index (χ0n) is 12.3. The first-order chi connectivity index (χ1) is 10.1. The Hall–Kier alpha value is -1.63. The third-order valence-corrected chi connectivity index (χ3v) is 3.77. The molecule has 21 heavy (non-hydrogen) atoms. The quantitative estimate of drug-likeness (QED) is 0.384. The summed E-state index contributed by atoms with van der Waals surface area (Å²) in [6.07, 6.45) is 1.68. The Morgan fingerprint density at radius 3 is 2.86 bits per heavy atom. The second-order valence-electron chi connectivity index (χ2n) is 5.57. The second kappa shape index (κ2) is 7.40. The molecule has 0 bridgehead atoms. The molecule has 0 atom stereocenters. The van der Waals surface area contributed by atoms with Gasteiger partial charge in [0, 0.05) is 13.1 Å². The fraction of sp³-hybridized carbons (Fsp3) is 0.533. The first-order valence-electron chi connectivity index (χ1n) is 7.19. The summed E-state index contributed by atoms with van der Waals surface area (Å²) < 4.78 is 5.68. The molecule has 1 fully saturated rings. The van der Waals surface area contributed by atoms with E-state index in [0.717, 1.165) is 25.9 Å². The Labute approximate surface area is 124 Å². The summed E-state index contributed by atoms with van der Waals surface area (Å²) in [5.41, 5.74) is 2.55. The van der Waals surface area contributed by atoms with Gasteiger partial charge in [0.05, 0.1) is 11.7 Å². The van der Waals surface area contributed by atoms with Crippen molar-refractivity contribution >= 4 is 5.91 Å². The summed E-state index contributed by atoms with van der Waals surface area (Å²) in [6.45, 7) is 2.23. The Morgan fingerprint density at radius 1 is 1.48 bits per heavy atom. The summed E-state index contributed by atoms with van der Waals surface area (Å²) in [5.74, 6) is 5.91. The van der Waals surface area contributed by atoms with Crippen molar-refractivity contribution in [3.63, 3.8) is 0 Å². The van der Waals surface area contributed by atoms with Crippen LogP contribution in [0, 0.1) is 5.92 Å². The highest BCUT2D eigenvalue weighted by Crippen LogP contribution is 2.27. The fourth-order valence-electron chi connectivity index (χ4n) is 2.55. The van der Waals surface area contributed by atoms with Gasteiger partial charge in [0.2, 0.25) is 0 Å². The molecule has 0 unspecified atom stereocenters. The minimum Gasteiger partial charge on any atom is -0.491 e. The van der Waals surface area contributed by atoms with Crippen molar-refractivity contribution in [1.82, 2.24) is 10.3 Å². The van der Waals surface area contributed by atoms with E-state index in [-0.39, 0.29) is 12.0 Å². The maximum Gasteiger partial charge on any atom is 0.268 e. The molecule has 0 aromatic heterocycles. The molecule has 0 spiro atoms. The van der Waals surface area contributed by atoms with Crippen LogP contribution in [0.15, 0.2) is 24.3 Å². The third kappa shape index (κ3) is 4.42. The smallest absolute Gasteiger partial charge is 0.268 e. The molecule has 0 radical (unpaired) electrons. The summed E-state index contributed by atoms with van der Waals surface area (Å²) in [4.78, 5) is 13.8. The SMILES string of the molecule is CN(CCOc1ccccc1C(=O)NN)CC1CC(O)C1. The molecular weight excluding hydrogens is 270 g/mol. The lowest BCUT2D eigenvalue weighted by molar-refractivity contribution is 0.0269. The molecule has 0 aliphatic heterocycles. The summed E-state index contributed by atoms with van der Waals surface area (Å²) in [6, 6.07) is 7.03. The molecule has 1 amide bonds. The fourth-order valence-corrected chi connectivity index (χ4v) is 2.55. The van der Waals surface area contributed by atoms with Crippen LogP contribution >= 0.6 is 0 Å². The van der Waals surface area contributed by atoms with Gasteiger partial charge >= 0.3 is 0 Å². The number of aliphatic hydroxyl groups excluding tert-OH is 1. The van der Waals surface area contributed by atoms with Crippen molar-refractivity contribution in [2.75, 3.05) is 26.7 Å². The van der Waals surface area contributed by atoms with Crippen molar-refractivity contribution in [3.8, 4) is 5.75 Å². The van der Waals surface area contributed by atoms with E-state index < -0.39 is 0 Å². The van der Waals surface area contributed by atoms with Crippen LogP contribution in [0.1, 0.15) is 23.2 Å². The molecule has 1 aromatic rings. The number of nitrogens with zero attached hydrogens (tertiary/aromatic N) is 1. The molecule has 116 valence electrons. The van der Waals surface area contributed by atoms with Crippen LogP contribution in [-0.2, 0) is 0 Å². The predicted molar refractivity (Wildman–Crippen MR) is 79.8 cm³/mol. The number of nitrogens with one attached hydrogen (secondary N) is 1. The number of hydrogen-bond donors (Lipinski definition) is 3. The summed E-state index contributed by atoms with van der Waals surface area (Å²) in [7, 11) is 2.03. The number of benzene rings is 1. The molecule has 6 heteroatoms. The van der Waals surface area contributed by atoms with Crippen LogP contribution in [0.5, 0.6) is 5.75 Å². The number of hydrazine groups is 1. The average Bonchev–Trinajstić information content (AvgIpc) is 2.45. The number of likely N-dealkylation sites (N-methyl/N-ethyl adjacent to an activating group) is 1. The predicted octanol–water partition coefficient (Wildman–Crippen LogP) is 0.372. The Balaban J connectivity index is 1.76. The topological polar surface area (TPSA) is 87.8 Å². The van der Waals surface area contributed by atoms with E-state index in [1.54, 1.807) is 18.2 Å². The lowest BCUT2D eigenvalue weighted by Gasteiger charge is -2.34. The number of para-hydroxylation sites is 1. The second-order valence-corrected chi connectivity index (χ2v) is 5.57. The van der Waals surface area contributed by atoms with E-state index >= 15 is 0 Å². The number of aliphatic hydroxyl groups is 1. The number of nitrogens with two attached hydrogens (primary N) is 1. The number of rotatable bonds is 7. The van der Waals surface area contributed by atoms with Gasteiger partial charge in [-0.2, -0.15) is 0 Å². The largest absolute Gasteiger partial charge is 0.491 e. The van der Waals surface area contributed by atoms with Crippen molar-refractivity contribution in [2.24, 2.45) is 11.8 Å². The number of hydrogen-bond acceptors (Lipinski definition) is 5. The molecule has 0 heterocycles. The standard InChI is InChI=1S/C15H23N3O3/c1-18(10-11-8-12(19)9-11)6-7-21-14-5-3-2-4-13(14)15(20)17-16/h2-5,11-12,19H,6-10,16H2,1H3,(H,17,20). The molecule has 0 saturated heterocycles. The highest BCUT2D eigenvalue weighted by molar-refractivity contribution is 5.96. The van der Waals surface area contributed by atoms with Crippen LogP contribution in [-0.4, -0.2) is 48.8 Å². The van der Waals surface area contributed by atoms with Crippen LogP contribution in [0.25, 0.3) is 0 Å². The van der Waals surface area contributed by atoms with Gasteiger partial charge in [-0.1, -0.05) is 12.1 Å².